The van der Waals surface area contributed by atoms with E-state index in [0.717, 1.165) is 94.2 Å². The van der Waals surface area contributed by atoms with Crippen LogP contribution in [0.5, 0.6) is 0 Å². The van der Waals surface area contributed by atoms with Gasteiger partial charge in [0.15, 0.2) is 0 Å². The zero-order valence-corrected chi connectivity index (χ0v) is 44.1. The van der Waals surface area contributed by atoms with Crippen LogP contribution in [-0.2, 0) is 58.4 Å². The van der Waals surface area contributed by atoms with Gasteiger partial charge in [-0.15, -0.1) is 74.6 Å². The summed E-state index contributed by atoms with van der Waals surface area (Å²) in [6.07, 6.45) is -13.9. The average Bonchev–Trinajstić information content (AvgIpc) is 4.04. The molecule has 0 bridgehead atoms. The van der Waals surface area contributed by atoms with Crippen LogP contribution in [0.15, 0.2) is 127 Å². The Balaban J connectivity index is 0.000000181. The van der Waals surface area contributed by atoms with Crippen LogP contribution in [0.2, 0.25) is 0 Å². The van der Waals surface area contributed by atoms with Crippen molar-refractivity contribution >= 4 is 58.5 Å². The van der Waals surface area contributed by atoms with Crippen molar-refractivity contribution < 1.29 is 73.5 Å². The van der Waals surface area contributed by atoms with Gasteiger partial charge in [-0.1, -0.05) is 96.8 Å². The van der Waals surface area contributed by atoms with Crippen molar-refractivity contribution in [3.63, 3.8) is 0 Å². The zero-order valence-electron chi connectivity index (χ0n) is 39.2. The van der Waals surface area contributed by atoms with Crippen molar-refractivity contribution in [1.82, 2.24) is 0 Å². The Bertz CT molecular complexity index is 2850. The number of unbranched alkanes of at least 4 members (excludes halogenated alkanes) is 2. The molecule has 0 aromatic heterocycles. The summed E-state index contributed by atoms with van der Waals surface area (Å²) in [5, 5.41) is 5.82. The molecule has 8 aromatic rings. The first kappa shape index (κ1) is 56.7. The summed E-state index contributed by atoms with van der Waals surface area (Å²) >= 11 is -0.826. The van der Waals surface area contributed by atoms with Gasteiger partial charge < -0.3 is 0 Å². The number of hydrogen-bond donors (Lipinski definition) is 0. The van der Waals surface area contributed by atoms with Crippen LogP contribution in [-0.4, -0.2) is 9.52 Å². The topological polar surface area (TPSA) is 0 Å². The predicted molar refractivity (Wildman–Crippen MR) is 264 cm³/mol. The molecule has 0 nitrogen and oxygen atoms in total. The minimum absolute atomic E-state index is 0.0714. The fourth-order valence-corrected chi connectivity index (χ4v) is 9.96. The molecule has 2 radical (unpaired) electrons. The number of rotatable bonds is 8. The molecule has 0 fully saturated rings. The van der Waals surface area contributed by atoms with E-state index < -0.39 is 67.8 Å². The first-order valence-corrected chi connectivity index (χ1v) is 30.0. The van der Waals surface area contributed by atoms with E-state index in [-0.39, 0.29) is 23.3 Å². The fraction of sp³-hybridized carbons (Fsp3) is 0.250. The quantitative estimate of drug-likeness (QED) is 0.0808. The molecule has 378 valence electrons. The minimum Gasteiger partial charge on any atom is -0.184 e. The second-order valence-corrected chi connectivity index (χ2v) is 22.3. The van der Waals surface area contributed by atoms with Crippen LogP contribution in [0.3, 0.4) is 0 Å². The van der Waals surface area contributed by atoms with Gasteiger partial charge in [0.25, 0.3) is 0 Å². The van der Waals surface area contributed by atoms with Crippen LogP contribution in [0, 0.1) is 19.9 Å². The molecule has 0 saturated carbocycles. The molecule has 0 amide bonds. The third-order valence-corrected chi connectivity index (χ3v) is 13.4. The van der Waals surface area contributed by atoms with Crippen LogP contribution >= 0.6 is 17.0 Å². The summed E-state index contributed by atoms with van der Waals surface area (Å²) in [6.45, 7) is 7.50. The SMILES string of the molecule is CCCCc1cc2c(-c3cc(C(F)(F)F)cc(C(F)(F)F)c3)c(C)ccc2[cH-]1.CCCCc1cc2c(-c3cc(C(F)(F)F)cc(C(F)(F)F)c3)c(C)ccc2[cH-]1.[Cl][Zr][Cl].[c-]1cccc2c1[Si]c1ccccc1-2. The number of fused-ring (bicyclic) bond motifs is 5. The summed E-state index contributed by atoms with van der Waals surface area (Å²) in [4.78, 5) is 0. The molecule has 1 aliphatic rings. The molecule has 1 heterocycles. The number of hydrogen-bond acceptors (Lipinski definition) is 0. The monoisotopic (exact) mass is 1130 g/mol. The molecule has 8 aromatic carbocycles. The summed E-state index contributed by atoms with van der Waals surface area (Å²) in [6, 6.07) is 36.5. The number of benzene rings is 6. The zero-order chi connectivity index (χ0) is 52.8. The predicted octanol–water partition coefficient (Wildman–Crippen LogP) is 18.3. The first-order chi connectivity index (χ1) is 33.9. The number of halogens is 14. The maximum Gasteiger partial charge on any atom is 0.0920 e. The molecule has 0 saturated heterocycles. The van der Waals surface area contributed by atoms with Crippen molar-refractivity contribution in [2.75, 3.05) is 0 Å². The second-order valence-electron chi connectivity index (χ2n) is 17.2. The summed E-state index contributed by atoms with van der Waals surface area (Å²) < 4.78 is 159. The van der Waals surface area contributed by atoms with Crippen molar-refractivity contribution in [2.24, 2.45) is 0 Å². The van der Waals surface area contributed by atoms with Crippen molar-refractivity contribution in [1.29, 1.82) is 0 Å². The average molecular weight is 1140 g/mol. The van der Waals surface area contributed by atoms with E-state index in [2.05, 4.69) is 56.3 Å². The Labute approximate surface area is 431 Å². The van der Waals surface area contributed by atoms with Gasteiger partial charge in [-0.3, -0.25) is 0 Å². The number of alkyl halides is 12. The maximum atomic E-state index is 13.2. The van der Waals surface area contributed by atoms with Crippen LogP contribution in [0.25, 0.3) is 54.9 Å². The van der Waals surface area contributed by atoms with Gasteiger partial charge in [-0.25, -0.2) is 0 Å². The third-order valence-electron chi connectivity index (χ3n) is 12.0. The van der Waals surface area contributed by atoms with E-state index >= 15 is 0 Å². The molecule has 0 spiro atoms. The van der Waals surface area contributed by atoms with Gasteiger partial charge >= 0.3 is 62.6 Å². The second kappa shape index (κ2) is 23.7. The molecule has 72 heavy (non-hydrogen) atoms. The molecular formula is C56H45Cl2F12SiZr-3. The molecule has 16 heteroatoms. The Morgan fingerprint density at radius 2 is 0.903 bits per heavy atom. The van der Waals surface area contributed by atoms with Crippen molar-refractivity contribution in [3.8, 4) is 33.4 Å². The minimum atomic E-state index is -4.86. The molecule has 0 unspecified atom stereocenters. The Morgan fingerprint density at radius 3 is 1.29 bits per heavy atom. The van der Waals surface area contributed by atoms with Gasteiger partial charge in [0.05, 0.1) is 31.8 Å². The maximum absolute atomic E-state index is 13.2. The molecule has 0 N–H and O–H groups in total. The first-order valence-electron chi connectivity index (χ1n) is 22.7. The molecular weight excluding hydrogens is 1090 g/mol. The van der Waals surface area contributed by atoms with Crippen LogP contribution in [0.4, 0.5) is 52.7 Å². The third kappa shape index (κ3) is 13.9. The molecule has 1 aliphatic heterocycles. The van der Waals surface area contributed by atoms with Crippen molar-refractivity contribution in [2.45, 2.75) is 90.9 Å². The fourth-order valence-electron chi connectivity index (χ4n) is 8.65. The molecule has 0 aliphatic carbocycles. The van der Waals surface area contributed by atoms with E-state index in [9.17, 15) is 52.7 Å². The summed E-state index contributed by atoms with van der Waals surface area (Å²) in [7, 11) is 10.7. The van der Waals surface area contributed by atoms with E-state index in [4.69, 9.17) is 17.0 Å². The van der Waals surface area contributed by atoms with E-state index in [1.54, 1.807) is 26.0 Å². The summed E-state index contributed by atoms with van der Waals surface area (Å²) in [5.74, 6) is 0. The Morgan fingerprint density at radius 1 is 0.514 bits per heavy atom. The smallest absolute Gasteiger partial charge is 0.0920 e. The van der Waals surface area contributed by atoms with Crippen molar-refractivity contribution in [3.05, 3.63) is 178 Å². The summed E-state index contributed by atoms with van der Waals surface area (Å²) in [5.41, 5.74) is 1.59. The van der Waals surface area contributed by atoms with Gasteiger partial charge in [0.1, 0.15) is 0 Å². The van der Waals surface area contributed by atoms with Gasteiger partial charge in [-0.2, -0.15) is 94.3 Å². The van der Waals surface area contributed by atoms with Crippen LogP contribution in [0.1, 0.15) is 84.0 Å². The van der Waals surface area contributed by atoms with Gasteiger partial charge in [0.2, 0.25) is 0 Å². The van der Waals surface area contributed by atoms with E-state index in [1.165, 1.54) is 21.5 Å². The normalized spacial score (nSPS) is 12.3. The van der Waals surface area contributed by atoms with E-state index in [0.29, 0.717) is 33.0 Å². The van der Waals surface area contributed by atoms with Crippen LogP contribution < -0.4 is 10.4 Å². The van der Waals surface area contributed by atoms with Gasteiger partial charge in [0, 0.05) is 0 Å². The van der Waals surface area contributed by atoms with Gasteiger partial charge in [-0.05, 0) is 74.2 Å². The number of aryl methyl sites for hydroxylation is 4. The Hall–Kier alpha value is -4.62. The Kier molecular flexibility index (Phi) is 18.7. The molecule has 9 rings (SSSR count). The largest absolute Gasteiger partial charge is 0.184 e. The molecule has 0 atom stereocenters. The van der Waals surface area contributed by atoms with E-state index in [1.807, 2.05) is 42.5 Å². The standard InChI is InChI=1S/2C22H19F6.C12H7Si.2ClH.Zr/c2*1-3-4-5-14-8-15-7-6-13(2)20(19(15)9-14)16-10-17(21(23,24)25)12-18(11-16)22(26,27)28;1-3-7-11-9(5-1)10-6-2-4-8-12(10)13-11;;;/h2*6-12H,3-5H2,1-2H3;1-7H;2*1H;/q3*-1;;;+2/p-2.